The van der Waals surface area contributed by atoms with Crippen LogP contribution in [0.1, 0.15) is 80.5 Å². The van der Waals surface area contributed by atoms with Crippen molar-refractivity contribution in [2.24, 2.45) is 0 Å². The average molecular weight is 400 g/mol. The first kappa shape index (κ1) is 22.1. The molecule has 1 aliphatic heterocycles. The van der Waals surface area contributed by atoms with Crippen LogP contribution in [-0.4, -0.2) is 52.7 Å². The van der Waals surface area contributed by atoms with Gasteiger partial charge in [-0.2, -0.15) is 0 Å². The van der Waals surface area contributed by atoms with E-state index in [1.54, 1.807) is 0 Å². The molecule has 2 N–H and O–H groups in total. The van der Waals surface area contributed by atoms with Gasteiger partial charge in [0.05, 0.1) is 17.3 Å². The van der Waals surface area contributed by atoms with E-state index in [4.69, 9.17) is 4.74 Å². The molecule has 1 amide bonds. The standard InChI is InChI=1S/C19H33N5O2.ClH/c1-3-13-26-19(9-5-4-6-10-19)14-21-18(25)17-15(2)24(23-22-17)16-7-11-20-12-8-16;/h16,20H,3-14H2,1-2H3,(H,21,25);1H. The SMILES string of the molecule is CCCOC1(CNC(=O)c2nnn(C3CCNCC3)c2C)CCCCC1.Cl. The highest BCUT2D eigenvalue weighted by molar-refractivity contribution is 5.93. The van der Waals surface area contributed by atoms with Crippen molar-refractivity contribution in [1.29, 1.82) is 0 Å². The summed E-state index contributed by atoms with van der Waals surface area (Å²) in [5.74, 6) is -0.132. The highest BCUT2D eigenvalue weighted by Gasteiger charge is 2.34. The van der Waals surface area contributed by atoms with Crippen molar-refractivity contribution in [3.05, 3.63) is 11.4 Å². The number of ether oxygens (including phenoxy) is 1. The van der Waals surface area contributed by atoms with Gasteiger partial charge in [0.15, 0.2) is 5.69 Å². The first-order chi connectivity index (χ1) is 12.7. The molecule has 27 heavy (non-hydrogen) atoms. The van der Waals surface area contributed by atoms with Crippen LogP contribution in [0.4, 0.5) is 0 Å². The van der Waals surface area contributed by atoms with Crippen LogP contribution in [0.3, 0.4) is 0 Å². The summed E-state index contributed by atoms with van der Waals surface area (Å²) in [6.45, 7) is 7.36. The number of piperidine rings is 1. The molecule has 0 aromatic carbocycles. The largest absolute Gasteiger partial charge is 0.373 e. The van der Waals surface area contributed by atoms with Crippen molar-refractivity contribution in [3.63, 3.8) is 0 Å². The summed E-state index contributed by atoms with van der Waals surface area (Å²) < 4.78 is 8.10. The molecule has 0 bridgehead atoms. The molecule has 2 aliphatic rings. The molecule has 3 rings (SSSR count). The van der Waals surface area contributed by atoms with Crippen LogP contribution >= 0.6 is 12.4 Å². The minimum Gasteiger partial charge on any atom is -0.373 e. The van der Waals surface area contributed by atoms with Crippen molar-refractivity contribution < 1.29 is 9.53 Å². The van der Waals surface area contributed by atoms with Gasteiger partial charge in [-0.25, -0.2) is 4.68 Å². The molecule has 0 radical (unpaired) electrons. The zero-order valence-corrected chi connectivity index (χ0v) is 17.4. The summed E-state index contributed by atoms with van der Waals surface area (Å²) in [6.07, 6.45) is 8.70. The maximum absolute atomic E-state index is 12.7. The topological polar surface area (TPSA) is 81.1 Å². The second-order valence-electron chi connectivity index (χ2n) is 7.72. The maximum Gasteiger partial charge on any atom is 0.273 e. The molecule has 1 saturated carbocycles. The number of nitrogens with zero attached hydrogens (tertiary/aromatic N) is 3. The fourth-order valence-electron chi connectivity index (χ4n) is 4.16. The van der Waals surface area contributed by atoms with E-state index in [2.05, 4.69) is 27.9 Å². The molecule has 2 fully saturated rings. The smallest absolute Gasteiger partial charge is 0.273 e. The number of carbonyl (C=O) groups excluding carboxylic acids is 1. The Kier molecular flexibility index (Phi) is 8.51. The number of hydrogen-bond acceptors (Lipinski definition) is 5. The van der Waals surface area contributed by atoms with Gasteiger partial charge in [-0.1, -0.05) is 31.4 Å². The summed E-state index contributed by atoms with van der Waals surface area (Å²) in [7, 11) is 0. The Morgan fingerprint density at radius 2 is 2.00 bits per heavy atom. The summed E-state index contributed by atoms with van der Waals surface area (Å²) >= 11 is 0. The Balaban J connectivity index is 0.00000261. The van der Waals surface area contributed by atoms with Crippen molar-refractivity contribution in [2.45, 2.75) is 76.9 Å². The molecule has 0 spiro atoms. The number of rotatable bonds is 7. The molecular weight excluding hydrogens is 366 g/mol. The number of carbonyl (C=O) groups is 1. The monoisotopic (exact) mass is 399 g/mol. The van der Waals surface area contributed by atoms with Gasteiger partial charge in [-0.3, -0.25) is 4.79 Å². The fourth-order valence-corrected chi connectivity index (χ4v) is 4.16. The Labute approximate surface area is 168 Å². The molecule has 0 unspecified atom stereocenters. The highest BCUT2D eigenvalue weighted by atomic mass is 35.5. The van der Waals surface area contributed by atoms with Crippen molar-refractivity contribution in [2.75, 3.05) is 26.2 Å². The maximum atomic E-state index is 12.7. The quantitative estimate of drug-likeness (QED) is 0.736. The Morgan fingerprint density at radius 1 is 1.30 bits per heavy atom. The molecule has 154 valence electrons. The first-order valence-corrected chi connectivity index (χ1v) is 10.2. The van der Waals surface area contributed by atoms with Crippen molar-refractivity contribution >= 4 is 18.3 Å². The van der Waals surface area contributed by atoms with Gasteiger partial charge in [-0.05, 0) is 52.1 Å². The van der Waals surface area contributed by atoms with Gasteiger partial charge in [0.25, 0.3) is 5.91 Å². The molecule has 1 aromatic rings. The highest BCUT2D eigenvalue weighted by Crippen LogP contribution is 2.31. The van der Waals surface area contributed by atoms with Gasteiger partial charge in [0, 0.05) is 13.2 Å². The van der Waals surface area contributed by atoms with E-state index in [0.717, 1.165) is 57.5 Å². The first-order valence-electron chi connectivity index (χ1n) is 10.2. The molecule has 8 heteroatoms. The Morgan fingerprint density at radius 3 is 2.67 bits per heavy atom. The molecule has 1 aromatic heterocycles. The average Bonchev–Trinajstić information content (AvgIpc) is 3.07. The summed E-state index contributed by atoms with van der Waals surface area (Å²) in [5.41, 5.74) is 1.11. The molecule has 2 heterocycles. The van der Waals surface area contributed by atoms with Crippen LogP contribution < -0.4 is 10.6 Å². The summed E-state index contributed by atoms with van der Waals surface area (Å²) in [5, 5.41) is 14.9. The van der Waals surface area contributed by atoms with Crippen LogP contribution in [-0.2, 0) is 4.74 Å². The zero-order chi connectivity index (χ0) is 18.4. The second kappa shape index (κ2) is 10.4. The van der Waals surface area contributed by atoms with E-state index in [9.17, 15) is 4.79 Å². The number of amides is 1. The summed E-state index contributed by atoms with van der Waals surface area (Å²) in [6, 6.07) is 0.336. The van der Waals surface area contributed by atoms with Gasteiger partial charge in [0.1, 0.15) is 0 Å². The predicted octanol–water partition coefficient (Wildman–Crippen LogP) is 2.79. The summed E-state index contributed by atoms with van der Waals surface area (Å²) in [4.78, 5) is 12.7. The lowest BCUT2D eigenvalue weighted by molar-refractivity contribution is -0.0669. The number of hydrogen-bond donors (Lipinski definition) is 2. The third-order valence-corrected chi connectivity index (χ3v) is 5.75. The minimum absolute atomic E-state index is 0. The van der Waals surface area contributed by atoms with E-state index >= 15 is 0 Å². The van der Waals surface area contributed by atoms with E-state index in [1.807, 2.05) is 11.6 Å². The molecule has 1 saturated heterocycles. The molecule has 7 nitrogen and oxygen atoms in total. The lowest BCUT2D eigenvalue weighted by atomic mass is 9.84. The van der Waals surface area contributed by atoms with Crippen LogP contribution in [0.15, 0.2) is 0 Å². The Hall–Kier alpha value is -1.18. The van der Waals surface area contributed by atoms with E-state index in [1.165, 1.54) is 19.3 Å². The number of nitrogens with one attached hydrogen (secondary N) is 2. The van der Waals surface area contributed by atoms with E-state index in [0.29, 0.717) is 18.3 Å². The van der Waals surface area contributed by atoms with Crippen molar-refractivity contribution in [1.82, 2.24) is 25.6 Å². The Bertz CT molecular complexity index is 595. The van der Waals surface area contributed by atoms with E-state index < -0.39 is 0 Å². The van der Waals surface area contributed by atoms with Crippen LogP contribution in [0.2, 0.25) is 0 Å². The van der Waals surface area contributed by atoms with Gasteiger partial charge >= 0.3 is 0 Å². The third-order valence-electron chi connectivity index (χ3n) is 5.75. The van der Waals surface area contributed by atoms with Crippen LogP contribution in [0, 0.1) is 6.92 Å². The molecule has 0 atom stereocenters. The zero-order valence-electron chi connectivity index (χ0n) is 16.6. The lowest BCUT2D eigenvalue weighted by Gasteiger charge is -2.37. The predicted molar refractivity (Wildman–Crippen MR) is 108 cm³/mol. The van der Waals surface area contributed by atoms with Crippen LogP contribution in [0.25, 0.3) is 0 Å². The molecule has 1 aliphatic carbocycles. The van der Waals surface area contributed by atoms with Crippen molar-refractivity contribution in [3.8, 4) is 0 Å². The van der Waals surface area contributed by atoms with Gasteiger partial charge in [-0.15, -0.1) is 17.5 Å². The third kappa shape index (κ3) is 5.42. The van der Waals surface area contributed by atoms with Gasteiger partial charge in [0.2, 0.25) is 0 Å². The molecular formula is C19H34ClN5O2. The lowest BCUT2D eigenvalue weighted by Crippen LogP contribution is -2.46. The normalized spacial score (nSPS) is 20.1. The number of aromatic nitrogens is 3. The fraction of sp³-hybridized carbons (Fsp3) is 0.842. The minimum atomic E-state index is -0.205. The van der Waals surface area contributed by atoms with Crippen LogP contribution in [0.5, 0.6) is 0 Å². The van der Waals surface area contributed by atoms with Gasteiger partial charge < -0.3 is 15.4 Å². The van der Waals surface area contributed by atoms with E-state index in [-0.39, 0.29) is 23.9 Å². The number of halogens is 1. The second-order valence-corrected chi connectivity index (χ2v) is 7.72.